The first-order valence-corrected chi connectivity index (χ1v) is 29.6. The Morgan fingerprint density at radius 3 is 0.714 bits per heavy atom. The molecule has 17 rings (SSSR count). The number of ether oxygens (including phenoxy) is 2. The van der Waals surface area contributed by atoms with E-state index in [1.165, 1.54) is 9.80 Å². The van der Waals surface area contributed by atoms with Gasteiger partial charge in [-0.1, -0.05) is 96.3 Å². The number of imide groups is 2. The number of amides is 4. The zero-order chi connectivity index (χ0) is 63.5. The number of benzene rings is 13. The molecular weight excluding hydrogens is 1410 g/mol. The van der Waals surface area contributed by atoms with Crippen molar-refractivity contribution in [3.63, 3.8) is 0 Å². The molecule has 0 saturated carbocycles. The maximum atomic E-state index is 13.8. The van der Waals surface area contributed by atoms with Gasteiger partial charge in [0.15, 0.2) is 0 Å². The van der Waals surface area contributed by atoms with Crippen molar-refractivity contribution in [1.29, 1.82) is 0 Å². The molecule has 4 amide bonds. The van der Waals surface area contributed by atoms with E-state index in [1.54, 1.807) is 97.1 Å². The quantitative estimate of drug-likeness (QED) is 0.0276. The Kier molecular flexibility index (Phi) is 15.7. The van der Waals surface area contributed by atoms with Crippen molar-refractivity contribution < 1.29 is 87.1 Å². The van der Waals surface area contributed by atoms with Crippen LogP contribution in [0.25, 0.3) is 86.2 Å². The number of nitrogens with zero attached hydrogens (tertiary/aromatic N) is 2. The standard InChI is InChI=1S/C36H16Br2N2O4.C24H8O6.C6H6BrN.2C2H4O2.Zn/c37-17-1-5-19(6-2-17)39-33(41)25-13-9-21-23-11-15-27-32-28(36(44)40(35(27)43)20-7-3-18(38)4-8-20)16-12-24(30(23)32)22-10-14-26(34(39)42)31(25)29(21)22;25-21-13-5-1-9-10-2-6-15-20-16(24(28)30-23(15)27)8-4-12(18(10)20)11-3-7-14(22(26)29-21)19(13)17(9)11;7-5-1-3-6(8)4-2-5;2*1-2(3)4;/h1-16H;1-8H;1-4H,8H2;2*1H3,(H,3,4);. The number of fused-ring (bicyclic) bond motifs is 4. The van der Waals surface area contributed by atoms with Crippen LogP contribution in [0.2, 0.25) is 0 Å². The van der Waals surface area contributed by atoms with Gasteiger partial charge in [0.1, 0.15) is 0 Å². The van der Waals surface area contributed by atoms with E-state index in [4.69, 9.17) is 35.0 Å². The maximum absolute atomic E-state index is 13.8. The van der Waals surface area contributed by atoms with Crippen molar-refractivity contribution in [2.75, 3.05) is 15.5 Å². The summed E-state index contributed by atoms with van der Waals surface area (Å²) in [6.07, 6.45) is 0. The summed E-state index contributed by atoms with van der Waals surface area (Å²) in [5.74, 6) is -5.85. The number of cyclic esters (lactones) is 4. The van der Waals surface area contributed by atoms with Crippen LogP contribution in [-0.4, -0.2) is 69.7 Å². The van der Waals surface area contributed by atoms with Crippen molar-refractivity contribution in [2.24, 2.45) is 0 Å². The molecule has 0 atom stereocenters. The number of halogens is 3. The van der Waals surface area contributed by atoms with Crippen LogP contribution >= 0.6 is 47.8 Å². The van der Waals surface area contributed by atoms with Crippen molar-refractivity contribution in [3.05, 3.63) is 228 Å². The Labute approximate surface area is 550 Å². The van der Waals surface area contributed by atoms with Crippen LogP contribution in [0.4, 0.5) is 17.1 Å². The van der Waals surface area contributed by atoms with Crippen LogP contribution in [0.1, 0.15) is 96.7 Å². The second kappa shape index (κ2) is 23.3. The van der Waals surface area contributed by atoms with Crippen LogP contribution in [0.15, 0.2) is 183 Å². The summed E-state index contributed by atoms with van der Waals surface area (Å²) < 4.78 is 12.5. The number of carboxylic acids is 2. The summed E-state index contributed by atoms with van der Waals surface area (Å²) in [5.41, 5.74) is 10.4. The number of nitrogens with two attached hydrogens (primary N) is 1. The first-order chi connectivity index (χ1) is 43.1. The smallest absolute Gasteiger partial charge is 0.346 e. The first-order valence-electron chi connectivity index (χ1n) is 27.3. The molecule has 0 radical (unpaired) electrons. The van der Waals surface area contributed by atoms with Crippen LogP contribution in [0.3, 0.4) is 0 Å². The molecule has 440 valence electrons. The van der Waals surface area contributed by atoms with Gasteiger partial charge in [0.2, 0.25) is 0 Å². The Morgan fingerprint density at radius 2 is 0.505 bits per heavy atom. The number of hydrogen-bond donors (Lipinski definition) is 3. The fourth-order valence-electron chi connectivity index (χ4n) is 12.3. The molecule has 91 heavy (non-hydrogen) atoms. The van der Waals surface area contributed by atoms with Gasteiger partial charge in [-0.2, -0.15) is 0 Å². The van der Waals surface area contributed by atoms with Gasteiger partial charge in [-0.3, -0.25) is 28.8 Å². The third-order valence-electron chi connectivity index (χ3n) is 15.8. The van der Waals surface area contributed by atoms with Gasteiger partial charge in [0.05, 0.1) is 33.6 Å². The zero-order valence-electron chi connectivity index (χ0n) is 47.3. The Bertz CT molecular complexity index is 4870. The Morgan fingerprint density at radius 1 is 0.319 bits per heavy atom. The van der Waals surface area contributed by atoms with Crippen molar-refractivity contribution >= 4 is 210 Å². The van der Waals surface area contributed by atoms with Crippen LogP contribution < -0.4 is 15.5 Å². The van der Waals surface area contributed by atoms with Crippen molar-refractivity contribution in [2.45, 2.75) is 13.8 Å². The predicted molar refractivity (Wildman–Crippen MR) is 351 cm³/mol. The molecule has 4 aliphatic rings. The van der Waals surface area contributed by atoms with E-state index in [0.717, 1.165) is 97.6 Å². The SMILES string of the molecule is CC(=O)O.CC(=O)O.Nc1ccc(Br)cc1.O=C1OC(=O)c2ccc3c4ccc5c6c(ccc(c7ccc1c2c73)c64)C(=O)OC5=O.O=C1c2ccc3c4ccc5c6c(ccc(c7ccc(c2c37)C(=O)N1c1ccc(Br)cc1)c64)C(=O)N(c1ccc(Br)cc1)C5=O.[Zn]. The van der Waals surface area contributed by atoms with Gasteiger partial charge in [-0.15, -0.1) is 0 Å². The van der Waals surface area contributed by atoms with Crippen LogP contribution in [0.5, 0.6) is 0 Å². The first kappa shape index (κ1) is 61.1. The summed E-state index contributed by atoms with van der Waals surface area (Å²) in [7, 11) is 0. The predicted octanol–water partition coefficient (Wildman–Crippen LogP) is 15.4. The molecule has 4 aliphatic heterocycles. The van der Waals surface area contributed by atoms with E-state index in [0.29, 0.717) is 77.4 Å². The monoisotopic (exact) mass is 1440 g/mol. The van der Waals surface area contributed by atoms with Crippen molar-refractivity contribution in [1.82, 2.24) is 0 Å². The largest absolute Gasteiger partial charge is 0.481 e. The molecule has 13 aromatic rings. The fraction of sp³-hybridized carbons (Fsp3) is 0.0286. The molecule has 4 heterocycles. The van der Waals surface area contributed by atoms with E-state index >= 15 is 0 Å². The minimum atomic E-state index is -0.833. The number of carbonyl (C=O) groups excluding carboxylic acids is 8. The molecule has 0 aliphatic carbocycles. The molecule has 0 bridgehead atoms. The molecular formula is C70H38Br3N3O14Zn. The number of carbonyl (C=O) groups is 10. The number of rotatable bonds is 2. The van der Waals surface area contributed by atoms with E-state index in [2.05, 4.69) is 47.8 Å². The average molecular weight is 1450 g/mol. The summed E-state index contributed by atoms with van der Waals surface area (Å²) in [6.45, 7) is 2.17. The molecule has 17 nitrogen and oxygen atoms in total. The molecule has 0 spiro atoms. The van der Waals surface area contributed by atoms with E-state index in [-0.39, 0.29) is 43.1 Å². The maximum Gasteiger partial charge on any atom is 0.346 e. The van der Waals surface area contributed by atoms with Crippen molar-refractivity contribution in [3.8, 4) is 0 Å². The summed E-state index contributed by atoms with van der Waals surface area (Å²) in [6, 6.07) is 50.3. The number of nitrogen functional groups attached to an aromatic ring is 1. The number of carboxylic acid groups (broad SMARTS) is 2. The summed E-state index contributed by atoms with van der Waals surface area (Å²) in [4.78, 5) is 125. The van der Waals surface area contributed by atoms with E-state index in [9.17, 15) is 38.4 Å². The molecule has 0 aromatic heterocycles. The van der Waals surface area contributed by atoms with Gasteiger partial charge in [0.25, 0.3) is 35.6 Å². The average Bonchev–Trinajstić information content (AvgIpc) is 0.728. The van der Waals surface area contributed by atoms with E-state index in [1.807, 2.05) is 72.8 Å². The third-order valence-corrected chi connectivity index (χ3v) is 17.4. The molecule has 13 aromatic carbocycles. The topological polar surface area (TPSA) is 262 Å². The zero-order valence-corrected chi connectivity index (χ0v) is 55.0. The fourth-order valence-corrected chi connectivity index (χ4v) is 13.1. The minimum absolute atomic E-state index is 0. The number of anilines is 3. The van der Waals surface area contributed by atoms with Crippen LogP contribution in [-0.2, 0) is 38.5 Å². The Hall–Kier alpha value is -10.2. The number of hydrogen-bond acceptors (Lipinski definition) is 13. The van der Waals surface area contributed by atoms with E-state index < -0.39 is 35.8 Å². The molecule has 4 N–H and O–H groups in total. The molecule has 0 saturated heterocycles. The third kappa shape index (κ3) is 10.0. The number of aliphatic carboxylic acids is 2. The van der Waals surface area contributed by atoms with Gasteiger partial charge in [0, 0.05) is 96.2 Å². The summed E-state index contributed by atoms with van der Waals surface area (Å²) in [5, 5.41) is 27.1. The van der Waals surface area contributed by atoms with Gasteiger partial charge in [-0.25, -0.2) is 29.0 Å². The second-order valence-corrected chi connectivity index (χ2v) is 23.8. The van der Waals surface area contributed by atoms with Crippen LogP contribution in [0, 0.1) is 0 Å². The Balaban J connectivity index is 0.000000146. The molecule has 0 fully saturated rings. The second-order valence-electron chi connectivity index (χ2n) is 21.1. The minimum Gasteiger partial charge on any atom is -0.481 e. The van der Waals surface area contributed by atoms with Gasteiger partial charge >= 0.3 is 23.9 Å². The molecule has 21 heteroatoms. The number of esters is 4. The van der Waals surface area contributed by atoms with Gasteiger partial charge in [-0.05, 0) is 186 Å². The normalized spacial score (nSPS) is 13.5. The van der Waals surface area contributed by atoms with Gasteiger partial charge < -0.3 is 25.4 Å². The molecule has 0 unspecified atom stereocenters. The summed E-state index contributed by atoms with van der Waals surface area (Å²) >= 11 is 10.1.